The fourth-order valence-corrected chi connectivity index (χ4v) is 2.61. The van der Waals surface area contributed by atoms with E-state index in [2.05, 4.69) is 15.6 Å². The molecule has 0 radical (unpaired) electrons. The quantitative estimate of drug-likeness (QED) is 0.771. The SMILES string of the molecule is O=C(NC1CCCCNC1)c1ccc2[nH]ccc2c1. The Kier molecular flexibility index (Phi) is 3.51. The maximum atomic E-state index is 12.2. The molecule has 1 amide bonds. The first-order valence-corrected chi connectivity index (χ1v) is 6.92. The van der Waals surface area contributed by atoms with Crippen LogP contribution in [-0.4, -0.2) is 30.0 Å². The Morgan fingerprint density at radius 3 is 3.16 bits per heavy atom. The van der Waals surface area contributed by atoms with E-state index in [1.807, 2.05) is 30.5 Å². The minimum Gasteiger partial charge on any atom is -0.361 e. The molecule has 1 fully saturated rings. The van der Waals surface area contributed by atoms with Crippen molar-refractivity contribution in [3.63, 3.8) is 0 Å². The van der Waals surface area contributed by atoms with E-state index in [1.165, 1.54) is 12.8 Å². The summed E-state index contributed by atoms with van der Waals surface area (Å²) in [5.41, 5.74) is 1.80. The molecule has 2 aromatic rings. The Morgan fingerprint density at radius 1 is 1.26 bits per heavy atom. The predicted octanol–water partition coefficient (Wildman–Crippen LogP) is 2.04. The summed E-state index contributed by atoms with van der Waals surface area (Å²) in [5, 5.41) is 7.56. The van der Waals surface area contributed by atoms with E-state index in [0.717, 1.165) is 36.0 Å². The lowest BCUT2D eigenvalue weighted by Gasteiger charge is -2.16. The summed E-state index contributed by atoms with van der Waals surface area (Å²) in [6, 6.07) is 8.00. The summed E-state index contributed by atoms with van der Waals surface area (Å²) in [6.07, 6.45) is 5.32. The van der Waals surface area contributed by atoms with Gasteiger partial charge in [-0.15, -0.1) is 0 Å². The first kappa shape index (κ1) is 12.2. The zero-order valence-corrected chi connectivity index (χ0v) is 10.9. The largest absolute Gasteiger partial charge is 0.361 e. The van der Waals surface area contributed by atoms with Crippen LogP contribution in [0.15, 0.2) is 30.5 Å². The highest BCUT2D eigenvalue weighted by Crippen LogP contribution is 2.14. The van der Waals surface area contributed by atoms with Gasteiger partial charge in [0.25, 0.3) is 5.91 Å². The lowest BCUT2D eigenvalue weighted by Crippen LogP contribution is -2.40. The van der Waals surface area contributed by atoms with Crippen LogP contribution in [0.4, 0.5) is 0 Å². The van der Waals surface area contributed by atoms with Gasteiger partial charge in [0.2, 0.25) is 0 Å². The van der Waals surface area contributed by atoms with Gasteiger partial charge in [-0.3, -0.25) is 4.79 Å². The van der Waals surface area contributed by atoms with Crippen molar-refractivity contribution in [2.24, 2.45) is 0 Å². The molecule has 2 heterocycles. The van der Waals surface area contributed by atoms with Crippen LogP contribution in [-0.2, 0) is 0 Å². The number of benzene rings is 1. The maximum absolute atomic E-state index is 12.2. The number of H-pyrrole nitrogens is 1. The van der Waals surface area contributed by atoms with Gasteiger partial charge >= 0.3 is 0 Å². The third-order valence-electron chi connectivity index (χ3n) is 3.70. The Balaban J connectivity index is 1.71. The first-order chi connectivity index (χ1) is 9.33. The highest BCUT2D eigenvalue weighted by molar-refractivity contribution is 5.98. The van der Waals surface area contributed by atoms with E-state index in [-0.39, 0.29) is 11.9 Å². The summed E-state index contributed by atoms with van der Waals surface area (Å²) < 4.78 is 0. The van der Waals surface area contributed by atoms with Gasteiger partial charge in [0.15, 0.2) is 0 Å². The minimum absolute atomic E-state index is 0.0248. The van der Waals surface area contributed by atoms with Crippen LogP contribution in [0.3, 0.4) is 0 Å². The molecule has 1 atom stereocenters. The predicted molar refractivity (Wildman–Crippen MR) is 76.3 cm³/mol. The van der Waals surface area contributed by atoms with Gasteiger partial charge in [-0.25, -0.2) is 0 Å². The maximum Gasteiger partial charge on any atom is 0.251 e. The Labute approximate surface area is 112 Å². The highest BCUT2D eigenvalue weighted by atomic mass is 16.1. The Bertz CT molecular complexity index is 568. The van der Waals surface area contributed by atoms with Crippen molar-refractivity contribution in [2.75, 3.05) is 13.1 Å². The van der Waals surface area contributed by atoms with Crippen LogP contribution in [0.5, 0.6) is 0 Å². The fourth-order valence-electron chi connectivity index (χ4n) is 2.61. The van der Waals surface area contributed by atoms with Crippen molar-refractivity contribution in [2.45, 2.75) is 25.3 Å². The number of fused-ring (bicyclic) bond motifs is 1. The second-order valence-electron chi connectivity index (χ2n) is 5.15. The van der Waals surface area contributed by atoms with Crippen LogP contribution in [0.1, 0.15) is 29.6 Å². The van der Waals surface area contributed by atoms with E-state index in [1.54, 1.807) is 0 Å². The molecule has 1 aromatic heterocycles. The molecule has 0 aliphatic carbocycles. The number of aromatic amines is 1. The zero-order chi connectivity index (χ0) is 13.1. The molecule has 1 saturated heterocycles. The Morgan fingerprint density at radius 2 is 2.21 bits per heavy atom. The normalized spacial score (nSPS) is 20.1. The monoisotopic (exact) mass is 257 g/mol. The summed E-state index contributed by atoms with van der Waals surface area (Å²) in [4.78, 5) is 15.4. The van der Waals surface area contributed by atoms with Gasteiger partial charge in [-0.2, -0.15) is 0 Å². The first-order valence-electron chi connectivity index (χ1n) is 6.92. The summed E-state index contributed by atoms with van der Waals surface area (Å²) >= 11 is 0. The molecule has 1 unspecified atom stereocenters. The molecular weight excluding hydrogens is 238 g/mol. The second-order valence-corrected chi connectivity index (χ2v) is 5.15. The van der Waals surface area contributed by atoms with Crippen LogP contribution in [0.2, 0.25) is 0 Å². The number of hydrogen-bond acceptors (Lipinski definition) is 2. The van der Waals surface area contributed by atoms with Crippen molar-refractivity contribution in [3.05, 3.63) is 36.0 Å². The molecule has 0 saturated carbocycles. The zero-order valence-electron chi connectivity index (χ0n) is 10.9. The van der Waals surface area contributed by atoms with Crippen LogP contribution < -0.4 is 10.6 Å². The average Bonchev–Trinajstić information content (AvgIpc) is 2.75. The van der Waals surface area contributed by atoms with Crippen molar-refractivity contribution in [1.82, 2.24) is 15.6 Å². The third kappa shape index (κ3) is 2.79. The van der Waals surface area contributed by atoms with Gasteiger partial charge in [-0.1, -0.05) is 6.42 Å². The summed E-state index contributed by atoms with van der Waals surface area (Å²) in [7, 11) is 0. The molecule has 1 aromatic carbocycles. The van der Waals surface area contributed by atoms with Crippen molar-refractivity contribution < 1.29 is 4.79 Å². The van der Waals surface area contributed by atoms with Gasteiger partial charge < -0.3 is 15.6 Å². The van der Waals surface area contributed by atoms with Gasteiger partial charge in [0.05, 0.1) is 0 Å². The third-order valence-corrected chi connectivity index (χ3v) is 3.70. The van der Waals surface area contributed by atoms with E-state index >= 15 is 0 Å². The van der Waals surface area contributed by atoms with Crippen molar-refractivity contribution >= 4 is 16.8 Å². The average molecular weight is 257 g/mol. The molecule has 3 N–H and O–H groups in total. The summed E-state index contributed by atoms with van der Waals surface area (Å²) in [6.45, 7) is 1.93. The van der Waals surface area contributed by atoms with Crippen molar-refractivity contribution in [1.29, 1.82) is 0 Å². The Hall–Kier alpha value is -1.81. The van der Waals surface area contributed by atoms with E-state index in [4.69, 9.17) is 0 Å². The molecule has 1 aliphatic rings. The molecule has 3 rings (SSSR count). The fraction of sp³-hybridized carbons (Fsp3) is 0.400. The lowest BCUT2D eigenvalue weighted by atomic mass is 10.1. The smallest absolute Gasteiger partial charge is 0.251 e. The number of carbonyl (C=O) groups excluding carboxylic acids is 1. The molecular formula is C15H19N3O. The summed E-state index contributed by atoms with van der Waals surface area (Å²) in [5.74, 6) is 0.0248. The topological polar surface area (TPSA) is 56.9 Å². The van der Waals surface area contributed by atoms with Gasteiger partial charge in [0.1, 0.15) is 0 Å². The highest BCUT2D eigenvalue weighted by Gasteiger charge is 2.15. The molecule has 1 aliphatic heterocycles. The number of rotatable bonds is 2. The number of carbonyl (C=O) groups is 1. The van der Waals surface area contributed by atoms with E-state index < -0.39 is 0 Å². The number of aromatic nitrogens is 1. The molecule has 0 spiro atoms. The molecule has 19 heavy (non-hydrogen) atoms. The van der Waals surface area contributed by atoms with E-state index in [9.17, 15) is 4.79 Å². The van der Waals surface area contributed by atoms with Crippen LogP contribution in [0.25, 0.3) is 10.9 Å². The minimum atomic E-state index is 0.0248. The molecule has 4 heteroatoms. The molecule has 4 nitrogen and oxygen atoms in total. The molecule has 0 bridgehead atoms. The number of amides is 1. The van der Waals surface area contributed by atoms with Crippen LogP contribution >= 0.6 is 0 Å². The van der Waals surface area contributed by atoms with Gasteiger partial charge in [0, 0.05) is 35.2 Å². The van der Waals surface area contributed by atoms with Gasteiger partial charge in [-0.05, 0) is 43.7 Å². The number of hydrogen-bond donors (Lipinski definition) is 3. The standard InChI is InChI=1S/C15H19N3O/c19-15(18-13-3-1-2-7-16-10-13)12-4-5-14-11(9-12)6-8-17-14/h4-6,8-9,13,16-17H,1-3,7,10H2,(H,18,19). The number of nitrogens with one attached hydrogen (secondary N) is 3. The second kappa shape index (κ2) is 5.45. The van der Waals surface area contributed by atoms with Crippen LogP contribution in [0, 0.1) is 0 Å². The molecule has 100 valence electrons. The lowest BCUT2D eigenvalue weighted by molar-refractivity contribution is 0.0935. The van der Waals surface area contributed by atoms with Crippen molar-refractivity contribution in [3.8, 4) is 0 Å². The van der Waals surface area contributed by atoms with E-state index in [0.29, 0.717) is 0 Å².